The summed E-state index contributed by atoms with van der Waals surface area (Å²) in [6, 6.07) is 24.4. The highest BCUT2D eigenvalue weighted by molar-refractivity contribution is 5.86. The largest absolute Gasteiger partial charge is 0.481 e. The molecule has 3 aromatic rings. The van der Waals surface area contributed by atoms with Crippen molar-refractivity contribution in [1.82, 2.24) is 10.6 Å². The summed E-state index contributed by atoms with van der Waals surface area (Å²) in [6.45, 7) is 2.12. The highest BCUT2D eigenvalue weighted by Gasteiger charge is 2.34. The molecule has 1 saturated carbocycles. The number of ether oxygens (including phenoxy) is 2. The number of alkyl carbamates (subject to hydrolysis) is 1. The van der Waals surface area contributed by atoms with Crippen LogP contribution in [0.25, 0.3) is 11.1 Å². The first kappa shape index (κ1) is 28.4. The predicted molar refractivity (Wildman–Crippen MR) is 154 cm³/mol. The fourth-order valence-corrected chi connectivity index (χ4v) is 5.90. The van der Waals surface area contributed by atoms with Gasteiger partial charge in [-0.25, -0.2) is 4.79 Å². The van der Waals surface area contributed by atoms with Crippen molar-refractivity contribution < 1.29 is 29.0 Å². The van der Waals surface area contributed by atoms with Crippen molar-refractivity contribution in [3.8, 4) is 11.1 Å². The fraction of sp³-hybridized carbons (Fsp3) is 0.364. The zero-order valence-electron chi connectivity index (χ0n) is 23.1. The smallest absolute Gasteiger partial charge is 0.407 e. The van der Waals surface area contributed by atoms with Gasteiger partial charge < -0.3 is 25.2 Å². The number of carboxylic acid groups (broad SMARTS) is 1. The maximum atomic E-state index is 13.5. The third-order valence-corrected chi connectivity index (χ3v) is 8.09. The van der Waals surface area contributed by atoms with Crippen molar-refractivity contribution in [1.29, 1.82) is 0 Å². The van der Waals surface area contributed by atoms with Crippen LogP contribution in [0.15, 0.2) is 78.9 Å². The van der Waals surface area contributed by atoms with Gasteiger partial charge in [0.2, 0.25) is 5.91 Å². The summed E-state index contributed by atoms with van der Waals surface area (Å²) in [5.74, 6) is -1.87. The predicted octanol–water partition coefficient (Wildman–Crippen LogP) is 5.26. The van der Waals surface area contributed by atoms with Crippen LogP contribution in [-0.2, 0) is 25.7 Å². The number of benzene rings is 3. The Kier molecular flexibility index (Phi) is 8.99. The molecule has 41 heavy (non-hydrogen) atoms. The minimum absolute atomic E-state index is 0.109. The Bertz CT molecular complexity index is 1330. The van der Waals surface area contributed by atoms with Crippen molar-refractivity contribution >= 4 is 18.0 Å². The first-order chi connectivity index (χ1) is 19.9. The van der Waals surface area contributed by atoms with Crippen LogP contribution in [0, 0.1) is 5.92 Å². The summed E-state index contributed by atoms with van der Waals surface area (Å²) in [6.07, 6.45) is 0.972. The van der Waals surface area contributed by atoms with E-state index >= 15 is 0 Å². The Labute approximate surface area is 240 Å². The molecule has 2 aliphatic rings. The van der Waals surface area contributed by atoms with Crippen molar-refractivity contribution in [2.75, 3.05) is 6.61 Å². The van der Waals surface area contributed by atoms with Gasteiger partial charge in [-0.15, -0.1) is 0 Å². The molecule has 8 nitrogen and oxygen atoms in total. The molecular weight excluding hydrogens is 520 g/mol. The van der Waals surface area contributed by atoms with Gasteiger partial charge >= 0.3 is 12.1 Å². The molecule has 1 fully saturated rings. The molecule has 8 heteroatoms. The second-order valence-corrected chi connectivity index (χ2v) is 10.9. The fourth-order valence-electron chi connectivity index (χ4n) is 5.90. The second-order valence-electron chi connectivity index (χ2n) is 10.9. The van der Waals surface area contributed by atoms with Crippen LogP contribution in [0.1, 0.15) is 55.2 Å². The molecule has 3 N–H and O–H groups in total. The lowest BCUT2D eigenvalue weighted by atomic mass is 9.85. The monoisotopic (exact) mass is 556 g/mol. The quantitative estimate of drug-likeness (QED) is 0.314. The molecule has 0 aliphatic heterocycles. The van der Waals surface area contributed by atoms with E-state index in [4.69, 9.17) is 9.47 Å². The SMILES string of the molecule is CC(OCc1ccccc1)C(NC(=O)OCC1c2ccccc2-c2ccccc21)C(=O)NC1CCCC(C(=O)O)C1. The first-order valence-corrected chi connectivity index (χ1v) is 14.2. The number of fused-ring (bicyclic) bond motifs is 3. The molecule has 2 aliphatic carbocycles. The molecule has 0 spiro atoms. The summed E-state index contributed by atoms with van der Waals surface area (Å²) in [4.78, 5) is 38.1. The van der Waals surface area contributed by atoms with Gasteiger partial charge in [0.1, 0.15) is 12.6 Å². The van der Waals surface area contributed by atoms with Gasteiger partial charge in [-0.3, -0.25) is 9.59 Å². The van der Waals surface area contributed by atoms with Crippen LogP contribution in [0.4, 0.5) is 4.79 Å². The van der Waals surface area contributed by atoms with E-state index in [0.29, 0.717) is 25.7 Å². The number of carboxylic acids is 1. The van der Waals surface area contributed by atoms with E-state index in [1.165, 1.54) is 0 Å². The Hall–Kier alpha value is -4.17. The average Bonchev–Trinajstić information content (AvgIpc) is 3.31. The lowest BCUT2D eigenvalue weighted by molar-refractivity contribution is -0.143. The van der Waals surface area contributed by atoms with E-state index < -0.39 is 36.0 Å². The highest BCUT2D eigenvalue weighted by atomic mass is 16.5. The molecule has 4 atom stereocenters. The van der Waals surface area contributed by atoms with E-state index in [1.807, 2.05) is 66.7 Å². The molecule has 214 valence electrons. The molecule has 3 aromatic carbocycles. The van der Waals surface area contributed by atoms with Gasteiger partial charge in [-0.2, -0.15) is 0 Å². The number of carbonyl (C=O) groups excluding carboxylic acids is 2. The first-order valence-electron chi connectivity index (χ1n) is 14.2. The van der Waals surface area contributed by atoms with E-state index in [-0.39, 0.29) is 25.2 Å². The third kappa shape index (κ3) is 6.77. The van der Waals surface area contributed by atoms with Crippen LogP contribution < -0.4 is 10.6 Å². The maximum Gasteiger partial charge on any atom is 0.407 e. The van der Waals surface area contributed by atoms with Crippen LogP contribution in [0.2, 0.25) is 0 Å². The van der Waals surface area contributed by atoms with E-state index in [9.17, 15) is 19.5 Å². The summed E-state index contributed by atoms with van der Waals surface area (Å²) in [5.41, 5.74) is 5.39. The van der Waals surface area contributed by atoms with Crippen LogP contribution >= 0.6 is 0 Å². The van der Waals surface area contributed by atoms with Gasteiger partial charge in [-0.05, 0) is 54.0 Å². The molecule has 2 amide bonds. The summed E-state index contributed by atoms with van der Waals surface area (Å²) in [7, 11) is 0. The lowest BCUT2D eigenvalue weighted by Crippen LogP contribution is -2.55. The van der Waals surface area contributed by atoms with Crippen molar-refractivity contribution in [2.45, 2.75) is 63.3 Å². The second kappa shape index (κ2) is 13.0. The molecule has 0 saturated heterocycles. The Morgan fingerprint density at radius 2 is 1.54 bits per heavy atom. The maximum absolute atomic E-state index is 13.5. The number of nitrogens with one attached hydrogen (secondary N) is 2. The van der Waals surface area contributed by atoms with Crippen molar-refractivity contribution in [2.24, 2.45) is 5.92 Å². The number of hydrogen-bond acceptors (Lipinski definition) is 5. The Morgan fingerprint density at radius 3 is 2.20 bits per heavy atom. The normalized spacial score (nSPS) is 19.3. The van der Waals surface area contributed by atoms with Gasteiger partial charge in [0, 0.05) is 12.0 Å². The van der Waals surface area contributed by atoms with Gasteiger partial charge in [0.15, 0.2) is 0 Å². The minimum Gasteiger partial charge on any atom is -0.481 e. The van der Waals surface area contributed by atoms with Crippen molar-refractivity contribution in [3.63, 3.8) is 0 Å². The van der Waals surface area contributed by atoms with E-state index in [0.717, 1.165) is 27.8 Å². The van der Waals surface area contributed by atoms with E-state index in [1.54, 1.807) is 6.92 Å². The number of hydrogen-bond donors (Lipinski definition) is 3. The molecule has 0 bridgehead atoms. The van der Waals surface area contributed by atoms with Gasteiger partial charge in [0.25, 0.3) is 0 Å². The third-order valence-electron chi connectivity index (χ3n) is 8.09. The van der Waals surface area contributed by atoms with Crippen LogP contribution in [0.5, 0.6) is 0 Å². The molecule has 0 aromatic heterocycles. The number of carbonyl (C=O) groups is 3. The van der Waals surface area contributed by atoms with Gasteiger partial charge in [0.05, 0.1) is 18.6 Å². The highest BCUT2D eigenvalue weighted by Crippen LogP contribution is 2.44. The van der Waals surface area contributed by atoms with E-state index in [2.05, 4.69) is 22.8 Å². The molecule has 5 rings (SSSR count). The standard InChI is InChI=1S/C33H36N2O6/c1-21(40-19-22-10-3-2-4-11-22)30(31(36)34-24-13-9-12-23(18-24)32(37)38)35-33(39)41-20-29-27-16-7-5-14-25(27)26-15-6-8-17-28(26)29/h2-8,10-11,14-17,21,23-24,29-30H,9,12-13,18-20H2,1H3,(H,34,36)(H,35,39)(H,37,38). The lowest BCUT2D eigenvalue weighted by Gasteiger charge is -2.30. The minimum atomic E-state index is -1.03. The Balaban J connectivity index is 1.26. The summed E-state index contributed by atoms with van der Waals surface area (Å²) in [5, 5.41) is 15.1. The van der Waals surface area contributed by atoms with Crippen LogP contribution in [-0.4, -0.2) is 47.9 Å². The van der Waals surface area contributed by atoms with Crippen LogP contribution in [0.3, 0.4) is 0 Å². The summed E-state index contributed by atoms with van der Waals surface area (Å²) >= 11 is 0. The zero-order chi connectivity index (χ0) is 28.8. The number of amides is 2. The number of rotatable bonds is 10. The van der Waals surface area contributed by atoms with Gasteiger partial charge in [-0.1, -0.05) is 85.3 Å². The molecule has 0 heterocycles. The summed E-state index contributed by atoms with van der Waals surface area (Å²) < 4.78 is 11.7. The topological polar surface area (TPSA) is 114 Å². The number of aliphatic carboxylic acids is 1. The zero-order valence-corrected chi connectivity index (χ0v) is 23.1. The Morgan fingerprint density at radius 1 is 0.902 bits per heavy atom. The molecule has 4 unspecified atom stereocenters. The molecular formula is C33H36N2O6. The average molecular weight is 557 g/mol. The molecule has 0 radical (unpaired) electrons. The van der Waals surface area contributed by atoms with Crippen molar-refractivity contribution in [3.05, 3.63) is 95.6 Å².